The van der Waals surface area contributed by atoms with Crippen molar-refractivity contribution in [1.82, 2.24) is 5.32 Å². The normalized spacial score (nSPS) is 18.6. The molecule has 0 aromatic heterocycles. The maximum atomic E-state index is 12.3. The number of thiocarbonyl (C=S) groups is 1. The van der Waals surface area contributed by atoms with Crippen molar-refractivity contribution in [3.8, 4) is 0 Å². The Kier molecular flexibility index (Phi) is 6.02. The van der Waals surface area contributed by atoms with E-state index in [1.54, 1.807) is 0 Å². The zero-order valence-electron chi connectivity index (χ0n) is 11.3. The number of hydrogen-bond acceptors (Lipinski definition) is 3. The third-order valence-electron chi connectivity index (χ3n) is 3.45. The van der Waals surface area contributed by atoms with E-state index in [9.17, 15) is 4.79 Å². The quantitative estimate of drug-likeness (QED) is 0.571. The number of ether oxygens (including phenoxy) is 1. The fourth-order valence-electron chi connectivity index (χ4n) is 2.37. The van der Waals surface area contributed by atoms with Crippen molar-refractivity contribution < 1.29 is 9.53 Å². The Morgan fingerprint density at radius 1 is 1.39 bits per heavy atom. The van der Waals surface area contributed by atoms with Gasteiger partial charge in [-0.3, -0.25) is 4.79 Å². The van der Waals surface area contributed by atoms with Crippen LogP contribution in [0.1, 0.15) is 46.0 Å². The summed E-state index contributed by atoms with van der Waals surface area (Å²) in [5.41, 5.74) is 5.18. The lowest BCUT2D eigenvalue weighted by Gasteiger charge is -2.34. The highest BCUT2D eigenvalue weighted by Crippen LogP contribution is 2.36. The van der Waals surface area contributed by atoms with E-state index in [2.05, 4.69) is 5.32 Å². The fraction of sp³-hybridized carbons (Fsp3) is 0.846. The molecule has 1 aliphatic carbocycles. The maximum absolute atomic E-state index is 12.3. The molecule has 0 aromatic rings. The van der Waals surface area contributed by atoms with Crippen LogP contribution in [-0.4, -0.2) is 30.2 Å². The van der Waals surface area contributed by atoms with Gasteiger partial charge in [0.15, 0.2) is 0 Å². The van der Waals surface area contributed by atoms with Gasteiger partial charge in [-0.15, -0.1) is 0 Å². The third kappa shape index (κ3) is 3.92. The molecular weight excluding hydrogens is 248 g/mol. The molecule has 0 radical (unpaired) electrons. The van der Waals surface area contributed by atoms with Crippen molar-refractivity contribution in [3.63, 3.8) is 0 Å². The molecule has 0 aromatic carbocycles. The van der Waals surface area contributed by atoms with Gasteiger partial charge >= 0.3 is 0 Å². The first-order valence-electron chi connectivity index (χ1n) is 6.69. The molecule has 1 fully saturated rings. The van der Waals surface area contributed by atoms with E-state index in [0.29, 0.717) is 18.1 Å². The van der Waals surface area contributed by atoms with Gasteiger partial charge in [-0.2, -0.15) is 0 Å². The van der Waals surface area contributed by atoms with E-state index in [1.807, 2.05) is 13.8 Å². The second kappa shape index (κ2) is 7.04. The topological polar surface area (TPSA) is 64.3 Å². The van der Waals surface area contributed by atoms with E-state index in [4.69, 9.17) is 22.7 Å². The summed E-state index contributed by atoms with van der Waals surface area (Å²) in [6, 6.07) is 0. The Hall–Kier alpha value is -0.680. The van der Waals surface area contributed by atoms with Crippen molar-refractivity contribution in [1.29, 1.82) is 0 Å². The SMILES string of the molecule is CC(C)OCCNC(=O)C1(C(N)=S)CCCCC1. The summed E-state index contributed by atoms with van der Waals surface area (Å²) in [6.45, 7) is 4.98. The van der Waals surface area contributed by atoms with Gasteiger partial charge in [-0.1, -0.05) is 31.5 Å². The summed E-state index contributed by atoms with van der Waals surface area (Å²) in [7, 11) is 0. The third-order valence-corrected chi connectivity index (χ3v) is 3.84. The average Bonchev–Trinajstić information content (AvgIpc) is 2.34. The highest BCUT2D eigenvalue weighted by molar-refractivity contribution is 7.80. The van der Waals surface area contributed by atoms with Crippen LogP contribution < -0.4 is 11.1 Å². The van der Waals surface area contributed by atoms with Crippen LogP contribution >= 0.6 is 12.2 Å². The van der Waals surface area contributed by atoms with Gasteiger partial charge in [0.2, 0.25) is 5.91 Å². The molecule has 1 saturated carbocycles. The lowest BCUT2D eigenvalue weighted by atomic mass is 9.73. The zero-order chi connectivity index (χ0) is 13.6. The molecule has 1 amide bonds. The molecule has 0 bridgehead atoms. The highest BCUT2D eigenvalue weighted by atomic mass is 32.1. The number of rotatable bonds is 6. The van der Waals surface area contributed by atoms with E-state index in [-0.39, 0.29) is 12.0 Å². The standard InChI is InChI=1S/C13H24N2O2S/c1-10(2)17-9-8-15-12(16)13(11(14)18)6-4-3-5-7-13/h10H,3-9H2,1-2H3,(H2,14,18)(H,15,16). The van der Waals surface area contributed by atoms with E-state index >= 15 is 0 Å². The lowest BCUT2D eigenvalue weighted by Crippen LogP contribution is -2.50. The van der Waals surface area contributed by atoms with Crippen molar-refractivity contribution in [3.05, 3.63) is 0 Å². The van der Waals surface area contributed by atoms with Crippen LogP contribution in [0.3, 0.4) is 0 Å². The van der Waals surface area contributed by atoms with Gasteiger partial charge in [0, 0.05) is 6.54 Å². The molecular formula is C13H24N2O2S. The Labute approximate surface area is 115 Å². The first kappa shape index (κ1) is 15.4. The second-order valence-corrected chi connectivity index (χ2v) is 5.62. The largest absolute Gasteiger partial charge is 0.392 e. The van der Waals surface area contributed by atoms with E-state index in [0.717, 1.165) is 32.1 Å². The fourth-order valence-corrected chi connectivity index (χ4v) is 2.67. The van der Waals surface area contributed by atoms with Gasteiger partial charge in [0.1, 0.15) is 0 Å². The first-order valence-corrected chi connectivity index (χ1v) is 7.09. The zero-order valence-corrected chi connectivity index (χ0v) is 12.1. The minimum absolute atomic E-state index is 0.0259. The maximum Gasteiger partial charge on any atom is 0.233 e. The predicted molar refractivity (Wildman–Crippen MR) is 76.4 cm³/mol. The number of nitrogens with one attached hydrogen (secondary N) is 1. The van der Waals surface area contributed by atoms with Gasteiger partial charge in [0.05, 0.1) is 23.1 Å². The second-order valence-electron chi connectivity index (χ2n) is 5.18. The average molecular weight is 272 g/mol. The molecule has 4 nitrogen and oxygen atoms in total. The molecule has 0 heterocycles. The van der Waals surface area contributed by atoms with Gasteiger partial charge < -0.3 is 15.8 Å². The molecule has 3 N–H and O–H groups in total. The summed E-state index contributed by atoms with van der Waals surface area (Å²) >= 11 is 5.11. The minimum atomic E-state index is -0.620. The Balaban J connectivity index is 2.48. The van der Waals surface area contributed by atoms with Crippen LogP contribution in [0.5, 0.6) is 0 Å². The summed E-state index contributed by atoms with van der Waals surface area (Å²) < 4.78 is 5.39. The van der Waals surface area contributed by atoms with Crippen LogP contribution in [0.2, 0.25) is 0 Å². The van der Waals surface area contributed by atoms with Crippen molar-refractivity contribution in [2.75, 3.05) is 13.2 Å². The summed E-state index contributed by atoms with van der Waals surface area (Å²) in [5, 5.41) is 2.90. The van der Waals surface area contributed by atoms with Crippen LogP contribution in [0.4, 0.5) is 0 Å². The van der Waals surface area contributed by atoms with Crippen LogP contribution in [0.25, 0.3) is 0 Å². The molecule has 0 unspecified atom stereocenters. The smallest absolute Gasteiger partial charge is 0.233 e. The summed E-state index contributed by atoms with van der Waals surface area (Å²) in [5.74, 6) is -0.0259. The lowest BCUT2D eigenvalue weighted by molar-refractivity contribution is -0.129. The number of hydrogen-bond donors (Lipinski definition) is 2. The molecule has 104 valence electrons. The molecule has 1 rings (SSSR count). The van der Waals surface area contributed by atoms with Crippen LogP contribution in [0, 0.1) is 5.41 Å². The Bertz CT molecular complexity index is 299. The van der Waals surface area contributed by atoms with Crippen LogP contribution in [0.15, 0.2) is 0 Å². The molecule has 0 saturated heterocycles. The van der Waals surface area contributed by atoms with Gasteiger partial charge in [-0.25, -0.2) is 0 Å². The number of amides is 1. The van der Waals surface area contributed by atoms with Crippen molar-refractivity contribution in [2.45, 2.75) is 52.1 Å². The molecule has 0 atom stereocenters. The van der Waals surface area contributed by atoms with Crippen molar-refractivity contribution in [2.24, 2.45) is 11.1 Å². The highest BCUT2D eigenvalue weighted by Gasteiger charge is 2.42. The molecule has 1 aliphatic rings. The number of carbonyl (C=O) groups excluding carboxylic acids is 1. The van der Waals surface area contributed by atoms with Gasteiger partial charge in [-0.05, 0) is 26.7 Å². The molecule has 0 spiro atoms. The Morgan fingerprint density at radius 3 is 2.50 bits per heavy atom. The van der Waals surface area contributed by atoms with E-state index < -0.39 is 5.41 Å². The summed E-state index contributed by atoms with van der Waals surface area (Å²) in [4.78, 5) is 12.6. The minimum Gasteiger partial charge on any atom is -0.392 e. The number of nitrogens with two attached hydrogens (primary N) is 1. The van der Waals surface area contributed by atoms with Crippen LogP contribution in [-0.2, 0) is 9.53 Å². The molecule has 18 heavy (non-hydrogen) atoms. The monoisotopic (exact) mass is 272 g/mol. The van der Waals surface area contributed by atoms with E-state index in [1.165, 1.54) is 0 Å². The summed E-state index contributed by atoms with van der Waals surface area (Å²) in [6.07, 6.45) is 4.94. The molecule has 0 aliphatic heterocycles. The Morgan fingerprint density at radius 2 is 2.00 bits per heavy atom. The first-order chi connectivity index (χ1) is 8.49. The van der Waals surface area contributed by atoms with Crippen molar-refractivity contribution >= 4 is 23.1 Å². The molecule has 5 heteroatoms. The number of carbonyl (C=O) groups is 1. The predicted octanol–water partition coefficient (Wildman–Crippen LogP) is 1.76. The van der Waals surface area contributed by atoms with Gasteiger partial charge in [0.25, 0.3) is 0 Å².